The predicted octanol–water partition coefficient (Wildman–Crippen LogP) is 17.1. The second-order valence-electron chi connectivity index (χ2n) is 17.6. The van der Waals surface area contributed by atoms with Crippen LogP contribution in [0.25, 0.3) is 71.6 Å². The Kier molecular flexibility index (Phi) is 9.11. The number of aromatic nitrogens is 1. The summed E-state index contributed by atoms with van der Waals surface area (Å²) in [6.07, 6.45) is 0. The van der Waals surface area contributed by atoms with Crippen LogP contribution < -0.4 is 4.90 Å². The minimum atomic E-state index is -0.465. The van der Waals surface area contributed by atoms with E-state index in [0.717, 1.165) is 28.3 Å². The van der Waals surface area contributed by atoms with E-state index in [4.69, 9.17) is 0 Å². The maximum absolute atomic E-state index is 2.45. The van der Waals surface area contributed by atoms with E-state index >= 15 is 0 Å². The molecule has 0 amide bonds. The summed E-state index contributed by atoms with van der Waals surface area (Å²) in [7, 11) is 0. The van der Waals surface area contributed by atoms with Crippen LogP contribution in [-0.2, 0) is 5.41 Å². The van der Waals surface area contributed by atoms with Gasteiger partial charge in [0.05, 0.1) is 16.4 Å². The van der Waals surface area contributed by atoms with Crippen LogP contribution in [0.5, 0.6) is 0 Å². The van der Waals surface area contributed by atoms with Gasteiger partial charge in [-0.25, -0.2) is 0 Å². The zero-order valence-electron chi connectivity index (χ0n) is 36.8. The normalized spacial score (nSPS) is 12.6. The van der Waals surface area contributed by atoms with Crippen molar-refractivity contribution in [3.8, 4) is 39.1 Å². The number of anilines is 3. The van der Waals surface area contributed by atoms with Crippen molar-refractivity contribution >= 4 is 49.6 Å². The van der Waals surface area contributed by atoms with E-state index in [-0.39, 0.29) is 0 Å². The lowest BCUT2D eigenvalue weighted by atomic mass is 9.68. The van der Waals surface area contributed by atoms with Gasteiger partial charge in [-0.1, -0.05) is 212 Å². The van der Waals surface area contributed by atoms with Gasteiger partial charge in [-0.3, -0.25) is 0 Å². The molecule has 1 aliphatic rings. The smallest absolute Gasteiger partial charge is 0.0713 e. The summed E-state index contributed by atoms with van der Waals surface area (Å²) >= 11 is 0. The Hall–Kier alpha value is -8.72. The lowest BCUT2D eigenvalue weighted by Gasteiger charge is -2.34. The molecule has 0 fully saturated rings. The molecule has 0 N–H and O–H groups in total. The van der Waals surface area contributed by atoms with Crippen LogP contribution in [-0.4, -0.2) is 4.57 Å². The maximum Gasteiger partial charge on any atom is 0.0713 e. The molecule has 12 aromatic rings. The molecule has 11 aromatic carbocycles. The van der Waals surface area contributed by atoms with Crippen molar-refractivity contribution in [1.29, 1.82) is 0 Å². The fourth-order valence-corrected chi connectivity index (χ4v) is 11.1. The van der Waals surface area contributed by atoms with E-state index in [1.807, 2.05) is 0 Å². The van der Waals surface area contributed by atoms with Crippen LogP contribution in [0, 0.1) is 0 Å². The molecule has 0 unspecified atom stereocenters. The van der Waals surface area contributed by atoms with Crippen LogP contribution in [0.15, 0.2) is 267 Å². The average Bonchev–Trinajstić information content (AvgIpc) is 3.90. The third kappa shape index (κ3) is 6.18. The first-order valence-electron chi connectivity index (χ1n) is 23.2. The van der Waals surface area contributed by atoms with Crippen LogP contribution in [0.2, 0.25) is 0 Å². The number of rotatable bonds is 8. The Balaban J connectivity index is 0.976. The fourth-order valence-electron chi connectivity index (χ4n) is 11.1. The summed E-state index contributed by atoms with van der Waals surface area (Å²) in [5.41, 5.74) is 18.7. The maximum atomic E-state index is 2.45. The molecular formula is C65H44N2. The Labute approximate surface area is 390 Å². The summed E-state index contributed by atoms with van der Waals surface area (Å²) in [4.78, 5) is 2.42. The molecule has 67 heavy (non-hydrogen) atoms. The third-order valence-corrected chi connectivity index (χ3v) is 14.0. The molecule has 0 bridgehead atoms. The monoisotopic (exact) mass is 852 g/mol. The van der Waals surface area contributed by atoms with Gasteiger partial charge >= 0.3 is 0 Å². The number of hydrogen-bond donors (Lipinski definition) is 0. The van der Waals surface area contributed by atoms with Crippen molar-refractivity contribution in [3.05, 3.63) is 289 Å². The Bertz CT molecular complexity index is 3740. The van der Waals surface area contributed by atoms with Crippen molar-refractivity contribution < 1.29 is 0 Å². The van der Waals surface area contributed by atoms with Gasteiger partial charge in [0, 0.05) is 38.9 Å². The number of nitrogens with zero attached hydrogens (tertiary/aromatic N) is 2. The Morgan fingerprint density at radius 1 is 0.313 bits per heavy atom. The summed E-state index contributed by atoms with van der Waals surface area (Å²) in [5, 5.41) is 5.00. The summed E-state index contributed by atoms with van der Waals surface area (Å²) in [6, 6.07) is 98.0. The van der Waals surface area contributed by atoms with Crippen molar-refractivity contribution in [2.24, 2.45) is 0 Å². The first-order chi connectivity index (χ1) is 33.2. The van der Waals surface area contributed by atoms with Crippen LogP contribution in [0.4, 0.5) is 17.1 Å². The second-order valence-corrected chi connectivity index (χ2v) is 17.6. The quantitative estimate of drug-likeness (QED) is 0.148. The van der Waals surface area contributed by atoms with Crippen molar-refractivity contribution in [2.75, 3.05) is 4.90 Å². The molecule has 1 aromatic heterocycles. The SMILES string of the molecule is c1ccc(-c2cccc(N(c3ccc(-c4ccc5c6ccc7ccccc7c6n(-c6ccccc6)c5c4)cc3)c3ccc4c(c3)-c3ccccc3C4(c3ccccc3)c3ccccc3)c2)cc1. The van der Waals surface area contributed by atoms with Gasteiger partial charge in [0.2, 0.25) is 0 Å². The van der Waals surface area contributed by atoms with Gasteiger partial charge in [-0.05, 0) is 116 Å². The number of para-hydroxylation sites is 1. The van der Waals surface area contributed by atoms with E-state index in [0.29, 0.717) is 0 Å². The second kappa shape index (κ2) is 15.8. The molecule has 0 saturated heterocycles. The highest BCUT2D eigenvalue weighted by atomic mass is 15.1. The summed E-state index contributed by atoms with van der Waals surface area (Å²) in [6.45, 7) is 0. The average molecular weight is 853 g/mol. The summed E-state index contributed by atoms with van der Waals surface area (Å²) < 4.78 is 2.45. The van der Waals surface area contributed by atoms with Gasteiger partial charge < -0.3 is 9.47 Å². The van der Waals surface area contributed by atoms with E-state index < -0.39 is 5.41 Å². The molecule has 0 saturated carbocycles. The molecule has 2 heteroatoms. The highest BCUT2D eigenvalue weighted by Gasteiger charge is 2.46. The number of hydrogen-bond acceptors (Lipinski definition) is 1. The Morgan fingerprint density at radius 2 is 0.866 bits per heavy atom. The highest BCUT2D eigenvalue weighted by molar-refractivity contribution is 6.19. The van der Waals surface area contributed by atoms with Crippen LogP contribution in [0.1, 0.15) is 22.3 Å². The van der Waals surface area contributed by atoms with Gasteiger partial charge in [0.25, 0.3) is 0 Å². The molecule has 314 valence electrons. The zero-order valence-corrected chi connectivity index (χ0v) is 36.8. The minimum Gasteiger partial charge on any atom is -0.310 e. The molecule has 0 radical (unpaired) electrons. The summed E-state index contributed by atoms with van der Waals surface area (Å²) in [5.74, 6) is 0. The van der Waals surface area contributed by atoms with E-state index in [9.17, 15) is 0 Å². The van der Waals surface area contributed by atoms with Crippen molar-refractivity contribution in [1.82, 2.24) is 4.57 Å². The number of benzene rings is 11. The van der Waals surface area contributed by atoms with E-state index in [1.165, 1.54) is 82.6 Å². The molecule has 0 aliphatic heterocycles. The lowest BCUT2D eigenvalue weighted by molar-refractivity contribution is 0.768. The van der Waals surface area contributed by atoms with Gasteiger partial charge in [-0.2, -0.15) is 0 Å². The topological polar surface area (TPSA) is 8.17 Å². The minimum absolute atomic E-state index is 0.465. The predicted molar refractivity (Wildman–Crippen MR) is 281 cm³/mol. The van der Waals surface area contributed by atoms with Crippen molar-refractivity contribution in [2.45, 2.75) is 5.41 Å². The number of fused-ring (bicyclic) bond motifs is 8. The fraction of sp³-hybridized carbons (Fsp3) is 0.0154. The van der Waals surface area contributed by atoms with Crippen LogP contribution >= 0.6 is 0 Å². The molecule has 13 rings (SSSR count). The van der Waals surface area contributed by atoms with E-state index in [2.05, 4.69) is 276 Å². The highest BCUT2D eigenvalue weighted by Crippen LogP contribution is 2.57. The first-order valence-corrected chi connectivity index (χ1v) is 23.2. The molecule has 1 heterocycles. The molecular weight excluding hydrogens is 809 g/mol. The zero-order chi connectivity index (χ0) is 44.3. The molecule has 0 spiro atoms. The Morgan fingerprint density at radius 3 is 1.63 bits per heavy atom. The lowest BCUT2D eigenvalue weighted by Crippen LogP contribution is -2.28. The standard InChI is InChI=1S/C65H44N2/c1-5-18-45(19-6-1)48-21-17-28-54(42-48)66(55-38-41-62-60(44-55)57-30-15-16-31-61(57)65(62,50-22-7-2-8-23-50)51-24-9-3-10-25-51)53-36-32-46(33-37-53)49-35-39-58-59-40-34-47-20-13-14-29-56(47)64(59)67(63(58)43-49)52-26-11-4-12-27-52/h1-44H. The van der Waals surface area contributed by atoms with Crippen LogP contribution in [0.3, 0.4) is 0 Å². The first kappa shape index (κ1) is 38.7. The van der Waals surface area contributed by atoms with E-state index in [1.54, 1.807) is 0 Å². The molecule has 2 nitrogen and oxygen atoms in total. The van der Waals surface area contributed by atoms with Crippen molar-refractivity contribution in [3.63, 3.8) is 0 Å². The third-order valence-electron chi connectivity index (χ3n) is 14.0. The van der Waals surface area contributed by atoms with Gasteiger partial charge in [-0.15, -0.1) is 0 Å². The molecule has 1 aliphatic carbocycles. The van der Waals surface area contributed by atoms with Gasteiger partial charge in [0.1, 0.15) is 0 Å². The van der Waals surface area contributed by atoms with Gasteiger partial charge in [0.15, 0.2) is 0 Å². The largest absolute Gasteiger partial charge is 0.310 e. The molecule has 0 atom stereocenters.